The molecule has 3 aromatic rings. The van der Waals surface area contributed by atoms with E-state index in [9.17, 15) is 14.7 Å². The molecule has 0 unspecified atom stereocenters. The third-order valence-electron chi connectivity index (χ3n) is 5.31. The number of thiophene rings is 1. The minimum Gasteiger partial charge on any atom is -0.497 e. The number of ether oxygens (including phenoxy) is 1. The Morgan fingerprint density at radius 3 is 2.29 bits per heavy atom. The molecule has 1 aliphatic heterocycles. The number of anilines is 2. The van der Waals surface area contributed by atoms with Crippen LogP contribution >= 0.6 is 11.3 Å². The maximum atomic E-state index is 12.9. The predicted molar refractivity (Wildman–Crippen MR) is 123 cm³/mol. The molecule has 2 N–H and O–H groups in total. The normalized spacial score (nSPS) is 13.7. The van der Waals surface area contributed by atoms with Gasteiger partial charge in [-0.2, -0.15) is 0 Å². The summed E-state index contributed by atoms with van der Waals surface area (Å²) in [6, 6.07) is 17.0. The average Bonchev–Trinajstić information content (AvgIpc) is 3.23. The molecule has 7 nitrogen and oxygen atoms in total. The van der Waals surface area contributed by atoms with Gasteiger partial charge in [0.05, 0.1) is 12.8 Å². The summed E-state index contributed by atoms with van der Waals surface area (Å²) in [7, 11) is 1.64. The first-order valence-corrected chi connectivity index (χ1v) is 10.8. The number of carboxylic acid groups (broad SMARTS) is 1. The van der Waals surface area contributed by atoms with E-state index < -0.39 is 5.97 Å². The molecule has 2 heterocycles. The number of carboxylic acids is 1. The van der Waals surface area contributed by atoms with Gasteiger partial charge in [0.1, 0.15) is 10.6 Å². The van der Waals surface area contributed by atoms with Crippen molar-refractivity contribution in [1.29, 1.82) is 0 Å². The van der Waals surface area contributed by atoms with Crippen LogP contribution in [-0.2, 0) is 0 Å². The van der Waals surface area contributed by atoms with E-state index in [0.717, 1.165) is 28.3 Å². The zero-order valence-corrected chi connectivity index (χ0v) is 17.9. The molecule has 160 valence electrons. The van der Waals surface area contributed by atoms with Crippen LogP contribution in [0.1, 0.15) is 9.67 Å². The molecule has 0 radical (unpaired) electrons. The second-order valence-corrected chi connectivity index (χ2v) is 8.01. The number of carbonyl (C=O) groups excluding carboxylic acids is 1. The van der Waals surface area contributed by atoms with Crippen molar-refractivity contribution in [2.45, 2.75) is 0 Å². The number of rotatable bonds is 5. The van der Waals surface area contributed by atoms with Gasteiger partial charge in [-0.1, -0.05) is 30.3 Å². The number of nitrogens with one attached hydrogen (secondary N) is 1. The number of urea groups is 1. The topological polar surface area (TPSA) is 82.1 Å². The van der Waals surface area contributed by atoms with Crippen LogP contribution in [0, 0.1) is 0 Å². The zero-order chi connectivity index (χ0) is 21.8. The summed E-state index contributed by atoms with van der Waals surface area (Å²) in [5, 5.41) is 14.2. The molecule has 0 saturated carbocycles. The maximum Gasteiger partial charge on any atom is 0.348 e. The van der Waals surface area contributed by atoms with E-state index in [1.807, 2.05) is 54.6 Å². The molecule has 4 rings (SSSR count). The summed E-state index contributed by atoms with van der Waals surface area (Å²) >= 11 is 1.12. The van der Waals surface area contributed by atoms with Gasteiger partial charge < -0.3 is 25.0 Å². The van der Waals surface area contributed by atoms with Crippen LogP contribution in [0.25, 0.3) is 11.1 Å². The van der Waals surface area contributed by atoms with Crippen molar-refractivity contribution in [2.75, 3.05) is 43.5 Å². The molecule has 1 saturated heterocycles. The largest absolute Gasteiger partial charge is 0.497 e. The van der Waals surface area contributed by atoms with Gasteiger partial charge in [-0.05, 0) is 29.8 Å². The Kier molecular flexibility index (Phi) is 6.08. The lowest BCUT2D eigenvalue weighted by molar-refractivity contribution is 0.0703. The van der Waals surface area contributed by atoms with Crippen molar-refractivity contribution in [3.05, 3.63) is 64.9 Å². The van der Waals surface area contributed by atoms with Crippen molar-refractivity contribution in [3.8, 4) is 16.9 Å². The van der Waals surface area contributed by atoms with E-state index in [1.165, 1.54) is 0 Å². The van der Waals surface area contributed by atoms with E-state index in [4.69, 9.17) is 4.74 Å². The summed E-state index contributed by atoms with van der Waals surface area (Å²) in [5.41, 5.74) is 3.02. The summed E-state index contributed by atoms with van der Waals surface area (Å²) in [4.78, 5) is 28.7. The quantitative estimate of drug-likeness (QED) is 0.615. The maximum absolute atomic E-state index is 12.9. The molecule has 1 aliphatic rings. The number of benzene rings is 2. The first-order valence-electron chi connectivity index (χ1n) is 9.92. The van der Waals surface area contributed by atoms with E-state index in [0.29, 0.717) is 37.4 Å². The fourth-order valence-electron chi connectivity index (χ4n) is 3.62. The molecule has 31 heavy (non-hydrogen) atoms. The Bertz CT molecular complexity index is 1060. The summed E-state index contributed by atoms with van der Waals surface area (Å²) in [5.74, 6) is -0.243. The minimum absolute atomic E-state index is 0.129. The highest BCUT2D eigenvalue weighted by molar-refractivity contribution is 7.13. The van der Waals surface area contributed by atoms with Crippen molar-refractivity contribution < 1.29 is 19.4 Å². The SMILES string of the molecule is COc1ccc(N2CCN(C(=O)Nc3c(-c4ccccc4)csc3C(=O)O)CC2)cc1. The van der Waals surface area contributed by atoms with Gasteiger partial charge in [0, 0.05) is 42.8 Å². The molecular formula is C23H23N3O4S. The zero-order valence-electron chi connectivity index (χ0n) is 17.1. The second kappa shape index (κ2) is 9.09. The first-order chi connectivity index (χ1) is 15.1. The molecule has 0 aliphatic carbocycles. The van der Waals surface area contributed by atoms with Crippen LogP contribution in [0.15, 0.2) is 60.0 Å². The summed E-state index contributed by atoms with van der Waals surface area (Å²) in [6.45, 7) is 2.48. The van der Waals surface area contributed by atoms with Crippen molar-refractivity contribution >= 4 is 34.7 Å². The van der Waals surface area contributed by atoms with Gasteiger partial charge in [0.25, 0.3) is 0 Å². The number of methoxy groups -OCH3 is 1. The Hall–Kier alpha value is -3.52. The highest BCUT2D eigenvalue weighted by Gasteiger charge is 2.25. The lowest BCUT2D eigenvalue weighted by Gasteiger charge is -2.36. The van der Waals surface area contributed by atoms with Crippen molar-refractivity contribution in [2.24, 2.45) is 0 Å². The molecule has 8 heteroatoms. The fourth-order valence-corrected chi connectivity index (χ4v) is 4.49. The van der Waals surface area contributed by atoms with Gasteiger partial charge in [0.15, 0.2) is 0 Å². The molecule has 0 spiro atoms. The van der Waals surface area contributed by atoms with Gasteiger partial charge >= 0.3 is 12.0 Å². The summed E-state index contributed by atoms with van der Waals surface area (Å²) < 4.78 is 5.20. The number of hydrogen-bond donors (Lipinski definition) is 2. The van der Waals surface area contributed by atoms with Gasteiger partial charge in [-0.25, -0.2) is 9.59 Å². The van der Waals surface area contributed by atoms with Crippen molar-refractivity contribution in [3.63, 3.8) is 0 Å². The highest BCUT2D eigenvalue weighted by atomic mass is 32.1. The van der Waals surface area contributed by atoms with Crippen molar-refractivity contribution in [1.82, 2.24) is 4.90 Å². The smallest absolute Gasteiger partial charge is 0.348 e. The monoisotopic (exact) mass is 437 g/mol. The Morgan fingerprint density at radius 1 is 1.00 bits per heavy atom. The third kappa shape index (κ3) is 4.49. The number of hydrogen-bond acceptors (Lipinski definition) is 5. The molecule has 0 atom stereocenters. The third-order valence-corrected chi connectivity index (χ3v) is 6.27. The molecular weight excluding hydrogens is 414 g/mol. The first kappa shape index (κ1) is 20.7. The number of aromatic carboxylic acids is 1. The van der Waals surface area contributed by atoms with E-state index in [2.05, 4.69) is 10.2 Å². The average molecular weight is 438 g/mol. The van der Waals surface area contributed by atoms with E-state index in [1.54, 1.807) is 17.4 Å². The van der Waals surface area contributed by atoms with Gasteiger partial charge in [-0.15, -0.1) is 11.3 Å². The van der Waals surface area contributed by atoms with E-state index >= 15 is 0 Å². The number of carbonyl (C=O) groups is 2. The van der Waals surface area contributed by atoms with Crippen LogP contribution in [0.5, 0.6) is 5.75 Å². The molecule has 2 amide bonds. The summed E-state index contributed by atoms with van der Waals surface area (Å²) in [6.07, 6.45) is 0. The number of nitrogens with zero attached hydrogens (tertiary/aromatic N) is 2. The number of amides is 2. The number of piperazine rings is 1. The molecule has 2 aromatic carbocycles. The van der Waals surface area contributed by atoms with Crippen LogP contribution in [0.2, 0.25) is 0 Å². The van der Waals surface area contributed by atoms with Crippen LogP contribution in [0.3, 0.4) is 0 Å². The van der Waals surface area contributed by atoms with Crippen LogP contribution in [0.4, 0.5) is 16.2 Å². The van der Waals surface area contributed by atoms with Gasteiger partial charge in [0.2, 0.25) is 0 Å². The predicted octanol–water partition coefficient (Wildman–Crippen LogP) is 4.48. The minimum atomic E-state index is -1.05. The lowest BCUT2D eigenvalue weighted by Crippen LogP contribution is -2.50. The lowest BCUT2D eigenvalue weighted by atomic mass is 10.1. The van der Waals surface area contributed by atoms with Crippen LogP contribution < -0.4 is 15.0 Å². The molecule has 1 aromatic heterocycles. The Balaban J connectivity index is 1.45. The van der Waals surface area contributed by atoms with E-state index in [-0.39, 0.29) is 10.9 Å². The van der Waals surface area contributed by atoms with Gasteiger partial charge in [-0.3, -0.25) is 0 Å². The Morgan fingerprint density at radius 2 is 1.68 bits per heavy atom. The fraction of sp³-hybridized carbons (Fsp3) is 0.217. The second-order valence-electron chi connectivity index (χ2n) is 7.13. The van der Waals surface area contributed by atoms with Crippen LogP contribution in [-0.4, -0.2) is 55.3 Å². The molecule has 0 bridgehead atoms. The standard InChI is InChI=1S/C23H23N3O4S/c1-30-18-9-7-17(8-10-18)25-11-13-26(14-12-25)23(29)24-20-19(15-31-21(20)22(27)28)16-5-3-2-4-6-16/h2-10,15H,11-14H2,1H3,(H,24,29)(H,27,28). The Labute approximate surface area is 184 Å². The molecule has 1 fully saturated rings. The highest BCUT2D eigenvalue weighted by Crippen LogP contribution is 2.36.